The number of nitrogens with one attached hydrogen (secondary N) is 2. The molecule has 3 fully saturated rings. The summed E-state index contributed by atoms with van der Waals surface area (Å²) in [5, 5.41) is 0. The number of carbonyl (C=O) groups excluding carboxylic acids is 2. The fourth-order valence-corrected chi connectivity index (χ4v) is 5.63. The SMILES string of the molecule is O=C1NNC(CCc2ccc(F)c(-c3ccc(C(=O)N4CCOCC4)cc3)c2)C2CCCCC12. The molecular formula is C27H32FN3O3. The second kappa shape index (κ2) is 10.2. The van der Waals surface area contributed by atoms with Gasteiger partial charge in [0.15, 0.2) is 0 Å². The van der Waals surface area contributed by atoms with Crippen LogP contribution in [0.4, 0.5) is 4.39 Å². The van der Waals surface area contributed by atoms with E-state index in [0.29, 0.717) is 43.3 Å². The first-order valence-electron chi connectivity index (χ1n) is 12.4. The zero-order valence-electron chi connectivity index (χ0n) is 19.4. The summed E-state index contributed by atoms with van der Waals surface area (Å²) in [6.07, 6.45) is 6.05. The van der Waals surface area contributed by atoms with Crippen LogP contribution in [0.25, 0.3) is 11.1 Å². The molecule has 0 bridgehead atoms. The number of morpholine rings is 1. The summed E-state index contributed by atoms with van der Waals surface area (Å²) in [4.78, 5) is 26.7. The molecular weight excluding hydrogens is 433 g/mol. The lowest BCUT2D eigenvalue weighted by Gasteiger charge is -2.41. The molecule has 2 amide bonds. The predicted octanol–water partition coefficient (Wildman–Crippen LogP) is 3.71. The number of halogens is 1. The largest absolute Gasteiger partial charge is 0.378 e. The van der Waals surface area contributed by atoms with Crippen molar-refractivity contribution < 1.29 is 18.7 Å². The van der Waals surface area contributed by atoms with E-state index in [1.54, 1.807) is 17.0 Å². The molecule has 2 aliphatic heterocycles. The molecule has 0 radical (unpaired) electrons. The summed E-state index contributed by atoms with van der Waals surface area (Å²) in [5.41, 5.74) is 9.06. The average Bonchev–Trinajstić information content (AvgIpc) is 2.89. The van der Waals surface area contributed by atoms with Crippen LogP contribution in [0.15, 0.2) is 42.5 Å². The number of amides is 2. The molecule has 5 rings (SSSR count). The average molecular weight is 466 g/mol. The first-order chi connectivity index (χ1) is 16.6. The molecule has 3 atom stereocenters. The number of aryl methyl sites for hydroxylation is 1. The third-order valence-electron chi connectivity index (χ3n) is 7.57. The van der Waals surface area contributed by atoms with Crippen molar-refractivity contribution in [2.45, 2.75) is 44.6 Å². The zero-order valence-corrected chi connectivity index (χ0v) is 19.4. The highest BCUT2D eigenvalue weighted by Crippen LogP contribution is 2.36. The maximum absolute atomic E-state index is 14.7. The van der Waals surface area contributed by atoms with Crippen molar-refractivity contribution in [3.05, 3.63) is 59.4 Å². The van der Waals surface area contributed by atoms with Crippen molar-refractivity contribution in [2.75, 3.05) is 26.3 Å². The second-order valence-corrected chi connectivity index (χ2v) is 9.63. The Morgan fingerprint density at radius 2 is 1.82 bits per heavy atom. The topological polar surface area (TPSA) is 70.7 Å². The van der Waals surface area contributed by atoms with Gasteiger partial charge in [0.2, 0.25) is 5.91 Å². The molecule has 2 heterocycles. The van der Waals surface area contributed by atoms with Gasteiger partial charge in [-0.1, -0.05) is 31.0 Å². The molecule has 2 aromatic rings. The van der Waals surface area contributed by atoms with Gasteiger partial charge < -0.3 is 9.64 Å². The molecule has 2 aromatic carbocycles. The number of benzene rings is 2. The third-order valence-corrected chi connectivity index (χ3v) is 7.57. The van der Waals surface area contributed by atoms with Crippen LogP contribution in [-0.4, -0.2) is 49.1 Å². The molecule has 6 nitrogen and oxygen atoms in total. The first kappa shape index (κ1) is 23.0. The van der Waals surface area contributed by atoms with E-state index in [0.717, 1.165) is 43.2 Å². The number of hydrogen-bond donors (Lipinski definition) is 2. The van der Waals surface area contributed by atoms with Crippen molar-refractivity contribution in [1.82, 2.24) is 15.8 Å². The third kappa shape index (κ3) is 4.86. The molecule has 7 heteroatoms. The molecule has 0 spiro atoms. The lowest BCUT2D eigenvalue weighted by atomic mass is 9.72. The monoisotopic (exact) mass is 465 g/mol. The van der Waals surface area contributed by atoms with Crippen LogP contribution in [0.3, 0.4) is 0 Å². The van der Waals surface area contributed by atoms with Gasteiger partial charge in [0.05, 0.1) is 13.2 Å². The van der Waals surface area contributed by atoms with E-state index >= 15 is 0 Å². The van der Waals surface area contributed by atoms with Gasteiger partial charge in [-0.2, -0.15) is 0 Å². The number of ether oxygens (including phenoxy) is 1. The highest BCUT2D eigenvalue weighted by atomic mass is 19.1. The number of carbonyl (C=O) groups is 2. The second-order valence-electron chi connectivity index (χ2n) is 9.63. The fraction of sp³-hybridized carbons (Fsp3) is 0.481. The van der Waals surface area contributed by atoms with Gasteiger partial charge >= 0.3 is 0 Å². The van der Waals surface area contributed by atoms with Crippen LogP contribution in [0.1, 0.15) is 48.0 Å². The standard InChI is InChI=1S/C27H32FN3O3/c28-24-11-5-18(6-12-25-21-3-1-2-4-22(21)26(32)30-29-25)17-23(24)19-7-9-20(10-8-19)27(33)31-13-15-34-16-14-31/h5,7-11,17,21-22,25,29H,1-4,6,12-16H2,(H,30,32). The predicted molar refractivity (Wildman–Crippen MR) is 127 cm³/mol. The summed E-state index contributed by atoms with van der Waals surface area (Å²) in [7, 11) is 0. The van der Waals surface area contributed by atoms with Crippen molar-refractivity contribution in [2.24, 2.45) is 11.8 Å². The van der Waals surface area contributed by atoms with Crippen molar-refractivity contribution in [3.63, 3.8) is 0 Å². The molecule has 2 N–H and O–H groups in total. The molecule has 1 saturated carbocycles. The zero-order chi connectivity index (χ0) is 23.5. The van der Waals surface area contributed by atoms with Crippen LogP contribution >= 0.6 is 0 Å². The Kier molecular flexibility index (Phi) is 6.92. The Morgan fingerprint density at radius 1 is 1.06 bits per heavy atom. The first-order valence-corrected chi connectivity index (χ1v) is 12.4. The van der Waals surface area contributed by atoms with Crippen LogP contribution in [0.2, 0.25) is 0 Å². The van der Waals surface area contributed by atoms with E-state index in [1.165, 1.54) is 12.5 Å². The van der Waals surface area contributed by atoms with E-state index in [-0.39, 0.29) is 29.6 Å². The molecule has 1 aliphatic carbocycles. The molecule has 3 unspecified atom stereocenters. The molecule has 2 saturated heterocycles. The maximum Gasteiger partial charge on any atom is 0.254 e. The van der Waals surface area contributed by atoms with Crippen molar-refractivity contribution >= 4 is 11.8 Å². The van der Waals surface area contributed by atoms with Gasteiger partial charge in [-0.3, -0.25) is 15.0 Å². The Morgan fingerprint density at radius 3 is 2.62 bits per heavy atom. The molecule has 34 heavy (non-hydrogen) atoms. The lowest BCUT2D eigenvalue weighted by Crippen LogP contribution is -2.59. The Labute approximate surface area is 199 Å². The lowest BCUT2D eigenvalue weighted by molar-refractivity contribution is -0.133. The van der Waals surface area contributed by atoms with Crippen LogP contribution < -0.4 is 10.9 Å². The Bertz CT molecular complexity index is 1040. The van der Waals surface area contributed by atoms with Crippen LogP contribution in [0, 0.1) is 17.7 Å². The van der Waals surface area contributed by atoms with Gasteiger partial charge in [0.25, 0.3) is 5.91 Å². The summed E-state index contributed by atoms with van der Waals surface area (Å²) in [6, 6.07) is 12.7. The van der Waals surface area contributed by atoms with Gasteiger partial charge in [-0.25, -0.2) is 9.82 Å². The van der Waals surface area contributed by atoms with E-state index in [1.807, 2.05) is 24.3 Å². The summed E-state index contributed by atoms with van der Waals surface area (Å²) in [5.74, 6) is 0.325. The van der Waals surface area contributed by atoms with Gasteiger partial charge in [-0.15, -0.1) is 0 Å². The maximum atomic E-state index is 14.7. The van der Waals surface area contributed by atoms with Crippen molar-refractivity contribution in [3.8, 4) is 11.1 Å². The number of nitrogens with zero attached hydrogens (tertiary/aromatic N) is 1. The highest BCUT2D eigenvalue weighted by Gasteiger charge is 2.39. The quantitative estimate of drug-likeness (QED) is 0.706. The summed E-state index contributed by atoms with van der Waals surface area (Å²) in [6.45, 7) is 2.31. The van der Waals surface area contributed by atoms with Crippen molar-refractivity contribution in [1.29, 1.82) is 0 Å². The number of rotatable bonds is 5. The minimum absolute atomic E-state index is 0.0165. The summed E-state index contributed by atoms with van der Waals surface area (Å²) < 4.78 is 20.0. The van der Waals surface area contributed by atoms with E-state index in [2.05, 4.69) is 10.9 Å². The molecule has 0 aromatic heterocycles. The number of fused-ring (bicyclic) bond motifs is 1. The minimum Gasteiger partial charge on any atom is -0.378 e. The van der Waals surface area contributed by atoms with Gasteiger partial charge in [-0.05, 0) is 67.0 Å². The fourth-order valence-electron chi connectivity index (χ4n) is 5.63. The normalized spacial score (nSPS) is 24.9. The summed E-state index contributed by atoms with van der Waals surface area (Å²) >= 11 is 0. The Balaban J connectivity index is 1.26. The minimum atomic E-state index is -0.272. The molecule has 180 valence electrons. The van der Waals surface area contributed by atoms with Gasteiger partial charge in [0, 0.05) is 36.2 Å². The smallest absolute Gasteiger partial charge is 0.254 e. The van der Waals surface area contributed by atoms with Crippen LogP contribution in [-0.2, 0) is 16.0 Å². The van der Waals surface area contributed by atoms with Gasteiger partial charge in [0.1, 0.15) is 5.82 Å². The highest BCUT2D eigenvalue weighted by molar-refractivity contribution is 5.94. The van der Waals surface area contributed by atoms with Crippen LogP contribution in [0.5, 0.6) is 0 Å². The number of hydrogen-bond acceptors (Lipinski definition) is 4. The van der Waals surface area contributed by atoms with E-state index in [4.69, 9.17) is 4.74 Å². The van der Waals surface area contributed by atoms with E-state index in [9.17, 15) is 14.0 Å². The van der Waals surface area contributed by atoms with E-state index < -0.39 is 0 Å². The Hall–Kier alpha value is -2.77. The molecule has 3 aliphatic rings. The number of hydrazine groups is 1.